The molecule has 0 radical (unpaired) electrons. The molecule has 0 spiro atoms. The number of hydrogen-bond acceptors (Lipinski definition) is 6. The van der Waals surface area contributed by atoms with Crippen molar-refractivity contribution in [1.29, 1.82) is 0 Å². The zero-order valence-electron chi connectivity index (χ0n) is 10.7. The van der Waals surface area contributed by atoms with E-state index in [0.29, 0.717) is 22.3 Å². The van der Waals surface area contributed by atoms with E-state index in [2.05, 4.69) is 20.7 Å². The molecule has 100 valence electrons. The smallest absolute Gasteiger partial charge is 0.169 e. The molecule has 0 saturated heterocycles. The van der Waals surface area contributed by atoms with Gasteiger partial charge in [-0.3, -0.25) is 0 Å². The molecular weight excluding hydrogens is 264 g/mol. The highest BCUT2D eigenvalue weighted by Gasteiger charge is 2.08. The number of rotatable bonds is 4. The van der Waals surface area contributed by atoms with Gasteiger partial charge in [-0.25, -0.2) is 15.0 Å². The average molecular weight is 279 g/mol. The minimum atomic E-state index is 0.450. The molecule has 0 bridgehead atoms. The zero-order chi connectivity index (χ0) is 13.8. The molecule has 0 aliphatic carbocycles. The van der Waals surface area contributed by atoms with Crippen molar-refractivity contribution in [1.82, 2.24) is 15.0 Å². The van der Waals surface area contributed by atoms with Crippen molar-refractivity contribution >= 4 is 34.6 Å². The van der Waals surface area contributed by atoms with Crippen molar-refractivity contribution < 1.29 is 0 Å². The third-order valence-electron chi connectivity index (χ3n) is 2.32. The fourth-order valence-electron chi connectivity index (χ4n) is 1.47. The van der Waals surface area contributed by atoms with Gasteiger partial charge in [-0.1, -0.05) is 11.6 Å². The Morgan fingerprint density at radius 3 is 2.37 bits per heavy atom. The minimum absolute atomic E-state index is 0.450. The Balaban J connectivity index is 2.23. The van der Waals surface area contributed by atoms with E-state index >= 15 is 0 Å². The molecule has 0 unspecified atom stereocenters. The number of hydrazine groups is 1. The molecule has 0 fully saturated rings. The lowest BCUT2D eigenvalue weighted by Crippen LogP contribution is -2.21. The fraction of sp³-hybridized carbons (Fsp3) is 0.167. The second-order valence-electron chi connectivity index (χ2n) is 4.12. The van der Waals surface area contributed by atoms with E-state index in [0.717, 1.165) is 5.69 Å². The first-order valence-corrected chi connectivity index (χ1v) is 6.01. The predicted molar refractivity (Wildman–Crippen MR) is 78.5 cm³/mol. The van der Waals surface area contributed by atoms with Gasteiger partial charge in [0.2, 0.25) is 0 Å². The molecule has 1 heterocycles. The normalized spacial score (nSPS) is 10.5. The van der Waals surface area contributed by atoms with Crippen LogP contribution in [0.5, 0.6) is 0 Å². The number of nitrogens with zero attached hydrogens (tertiary/aromatic N) is 3. The summed E-state index contributed by atoms with van der Waals surface area (Å²) in [5.41, 5.74) is 10.3. The first-order chi connectivity index (χ1) is 9.06. The molecule has 2 rings (SSSR count). The fourth-order valence-corrected chi connectivity index (χ4v) is 1.59. The van der Waals surface area contributed by atoms with Gasteiger partial charge in [0.05, 0.1) is 0 Å². The SMILES string of the molecule is CN(C)Nc1ncnc(Nc2ccc(Cl)cc2)c1N. The Morgan fingerprint density at radius 2 is 1.74 bits per heavy atom. The van der Waals surface area contributed by atoms with E-state index in [9.17, 15) is 0 Å². The van der Waals surface area contributed by atoms with Crippen LogP contribution < -0.4 is 16.5 Å². The lowest BCUT2D eigenvalue weighted by Gasteiger charge is -2.16. The van der Waals surface area contributed by atoms with Gasteiger partial charge in [0, 0.05) is 24.8 Å². The number of benzene rings is 1. The monoisotopic (exact) mass is 278 g/mol. The summed E-state index contributed by atoms with van der Waals surface area (Å²) in [6.07, 6.45) is 1.44. The quantitative estimate of drug-likeness (QED) is 0.745. The molecule has 2 aromatic rings. The number of hydrogen-bond donors (Lipinski definition) is 3. The van der Waals surface area contributed by atoms with Gasteiger partial charge in [0.15, 0.2) is 11.6 Å². The molecule has 4 N–H and O–H groups in total. The van der Waals surface area contributed by atoms with Crippen molar-refractivity contribution in [3.05, 3.63) is 35.6 Å². The first-order valence-electron chi connectivity index (χ1n) is 5.63. The maximum Gasteiger partial charge on any atom is 0.169 e. The zero-order valence-corrected chi connectivity index (χ0v) is 11.4. The molecule has 7 heteroatoms. The Labute approximate surface area is 116 Å². The van der Waals surface area contributed by atoms with Crippen LogP contribution in [0.2, 0.25) is 5.02 Å². The van der Waals surface area contributed by atoms with E-state index in [1.807, 2.05) is 26.2 Å². The van der Waals surface area contributed by atoms with Crippen LogP contribution in [0.15, 0.2) is 30.6 Å². The van der Waals surface area contributed by atoms with Crippen molar-refractivity contribution in [3.8, 4) is 0 Å². The number of nitrogens with two attached hydrogens (primary N) is 1. The van der Waals surface area contributed by atoms with Crippen LogP contribution in [-0.2, 0) is 0 Å². The number of anilines is 4. The van der Waals surface area contributed by atoms with Gasteiger partial charge >= 0.3 is 0 Å². The Bertz CT molecular complexity index is 555. The minimum Gasteiger partial charge on any atom is -0.393 e. The van der Waals surface area contributed by atoms with E-state index in [4.69, 9.17) is 17.3 Å². The highest BCUT2D eigenvalue weighted by molar-refractivity contribution is 6.30. The Morgan fingerprint density at radius 1 is 1.11 bits per heavy atom. The van der Waals surface area contributed by atoms with Gasteiger partial charge in [-0.15, -0.1) is 0 Å². The van der Waals surface area contributed by atoms with Crippen LogP contribution in [0.4, 0.5) is 23.0 Å². The van der Waals surface area contributed by atoms with Gasteiger partial charge in [0.1, 0.15) is 12.0 Å². The predicted octanol–water partition coefficient (Wildman–Crippen LogP) is 2.34. The summed E-state index contributed by atoms with van der Waals surface area (Å²) in [6.45, 7) is 0. The van der Waals surface area contributed by atoms with Crippen LogP contribution >= 0.6 is 11.6 Å². The molecule has 1 aromatic heterocycles. The lowest BCUT2D eigenvalue weighted by molar-refractivity contribution is 0.492. The molecule has 19 heavy (non-hydrogen) atoms. The molecule has 1 aromatic carbocycles. The topological polar surface area (TPSA) is 79.1 Å². The van der Waals surface area contributed by atoms with E-state index in [1.165, 1.54) is 6.33 Å². The molecule has 0 amide bonds. The molecule has 0 saturated carbocycles. The van der Waals surface area contributed by atoms with E-state index < -0.39 is 0 Å². The molecular formula is C12H15ClN6. The number of nitrogens with one attached hydrogen (secondary N) is 2. The summed E-state index contributed by atoms with van der Waals surface area (Å²) in [5, 5.41) is 5.55. The van der Waals surface area contributed by atoms with E-state index in [-0.39, 0.29) is 0 Å². The molecule has 6 nitrogen and oxygen atoms in total. The molecule has 0 atom stereocenters. The second-order valence-corrected chi connectivity index (χ2v) is 4.56. The highest BCUT2D eigenvalue weighted by atomic mass is 35.5. The van der Waals surface area contributed by atoms with Crippen LogP contribution in [0.25, 0.3) is 0 Å². The average Bonchev–Trinajstić information content (AvgIpc) is 2.36. The summed E-state index contributed by atoms with van der Waals surface area (Å²) in [5.74, 6) is 1.10. The molecule has 0 aliphatic heterocycles. The van der Waals surface area contributed by atoms with Crippen molar-refractivity contribution in [2.24, 2.45) is 0 Å². The van der Waals surface area contributed by atoms with Gasteiger partial charge < -0.3 is 16.5 Å². The second kappa shape index (κ2) is 5.73. The van der Waals surface area contributed by atoms with Gasteiger partial charge in [-0.05, 0) is 24.3 Å². The highest BCUT2D eigenvalue weighted by Crippen LogP contribution is 2.26. The summed E-state index contributed by atoms with van der Waals surface area (Å²) in [7, 11) is 3.71. The third kappa shape index (κ3) is 3.46. The number of nitrogen functional groups attached to an aromatic ring is 1. The summed E-state index contributed by atoms with van der Waals surface area (Å²) in [6, 6.07) is 7.28. The Kier molecular flexibility index (Phi) is 4.03. The number of aromatic nitrogens is 2. The Hall–Kier alpha value is -2.05. The summed E-state index contributed by atoms with van der Waals surface area (Å²) < 4.78 is 0. The summed E-state index contributed by atoms with van der Waals surface area (Å²) in [4.78, 5) is 8.21. The van der Waals surface area contributed by atoms with Gasteiger partial charge in [-0.2, -0.15) is 0 Å². The van der Waals surface area contributed by atoms with Crippen molar-refractivity contribution in [3.63, 3.8) is 0 Å². The largest absolute Gasteiger partial charge is 0.393 e. The van der Waals surface area contributed by atoms with Crippen molar-refractivity contribution in [2.45, 2.75) is 0 Å². The van der Waals surface area contributed by atoms with Crippen LogP contribution in [0.3, 0.4) is 0 Å². The number of halogens is 1. The van der Waals surface area contributed by atoms with E-state index in [1.54, 1.807) is 17.1 Å². The van der Waals surface area contributed by atoms with Crippen LogP contribution in [0.1, 0.15) is 0 Å². The first kappa shape index (κ1) is 13.4. The van der Waals surface area contributed by atoms with Crippen molar-refractivity contribution in [2.75, 3.05) is 30.6 Å². The lowest BCUT2D eigenvalue weighted by atomic mass is 10.3. The van der Waals surface area contributed by atoms with Gasteiger partial charge in [0.25, 0.3) is 0 Å². The maximum absolute atomic E-state index is 6.01. The standard InChI is InChI=1S/C12H15ClN6/c1-19(2)18-12-10(14)11(15-7-16-12)17-9-5-3-8(13)4-6-9/h3-7H,14H2,1-2H3,(H2,15,16,17,18). The molecule has 0 aliphatic rings. The third-order valence-corrected chi connectivity index (χ3v) is 2.57. The summed E-state index contributed by atoms with van der Waals surface area (Å²) >= 11 is 5.83. The maximum atomic E-state index is 6.01. The van der Waals surface area contributed by atoms with Crippen LogP contribution in [-0.4, -0.2) is 29.1 Å². The van der Waals surface area contributed by atoms with Crippen LogP contribution in [0, 0.1) is 0 Å².